The number of aromatic nitrogens is 2. The Kier molecular flexibility index (Phi) is 2.48. The Labute approximate surface area is 94.7 Å². The standard InChI is InChI=1S/C10H9BrN2O2/c1-6-2-3-13-8(4-6)10(11)7(12-13)5-9(14)15/h2-4H,5H2,1H3,(H,14,15). The second-order valence-corrected chi connectivity index (χ2v) is 4.16. The molecule has 2 heterocycles. The normalized spacial score (nSPS) is 10.8. The van der Waals surface area contributed by atoms with Crippen molar-refractivity contribution in [2.75, 3.05) is 0 Å². The van der Waals surface area contributed by atoms with Crippen LogP contribution in [0.2, 0.25) is 0 Å². The van der Waals surface area contributed by atoms with Gasteiger partial charge in [-0.2, -0.15) is 5.10 Å². The molecule has 0 unspecified atom stereocenters. The number of fused-ring (bicyclic) bond motifs is 1. The lowest BCUT2D eigenvalue weighted by Gasteiger charge is -1.94. The molecule has 0 radical (unpaired) electrons. The lowest BCUT2D eigenvalue weighted by atomic mass is 10.2. The molecule has 0 fully saturated rings. The molecule has 5 heteroatoms. The van der Waals surface area contributed by atoms with E-state index in [1.165, 1.54) is 0 Å². The molecule has 0 bridgehead atoms. The Bertz CT molecular complexity index is 533. The van der Waals surface area contributed by atoms with Gasteiger partial charge in [0.1, 0.15) is 0 Å². The lowest BCUT2D eigenvalue weighted by Crippen LogP contribution is -2.01. The number of aliphatic carboxylic acids is 1. The highest BCUT2D eigenvalue weighted by atomic mass is 79.9. The van der Waals surface area contributed by atoms with Crippen molar-refractivity contribution in [2.45, 2.75) is 13.3 Å². The van der Waals surface area contributed by atoms with Gasteiger partial charge in [-0.15, -0.1) is 0 Å². The van der Waals surface area contributed by atoms with Gasteiger partial charge in [0, 0.05) is 6.20 Å². The number of nitrogens with zero attached hydrogens (tertiary/aromatic N) is 2. The minimum Gasteiger partial charge on any atom is -0.481 e. The zero-order valence-corrected chi connectivity index (χ0v) is 9.65. The van der Waals surface area contributed by atoms with E-state index in [0.717, 1.165) is 15.6 Å². The summed E-state index contributed by atoms with van der Waals surface area (Å²) in [6, 6.07) is 3.89. The first kappa shape index (κ1) is 10.2. The molecular formula is C10H9BrN2O2. The van der Waals surface area contributed by atoms with E-state index in [4.69, 9.17) is 5.11 Å². The molecule has 0 atom stereocenters. The fourth-order valence-corrected chi connectivity index (χ4v) is 1.94. The minimum atomic E-state index is -0.879. The maximum absolute atomic E-state index is 10.6. The number of pyridine rings is 1. The van der Waals surface area contributed by atoms with Gasteiger partial charge < -0.3 is 5.11 Å². The summed E-state index contributed by atoms with van der Waals surface area (Å²) in [5, 5.41) is 12.9. The zero-order chi connectivity index (χ0) is 11.0. The molecular weight excluding hydrogens is 260 g/mol. The van der Waals surface area contributed by atoms with Gasteiger partial charge in [-0.3, -0.25) is 4.79 Å². The van der Waals surface area contributed by atoms with E-state index in [2.05, 4.69) is 21.0 Å². The average Bonchev–Trinajstić information content (AvgIpc) is 2.44. The Balaban J connectivity index is 2.59. The summed E-state index contributed by atoms with van der Waals surface area (Å²) in [5.41, 5.74) is 2.56. The SMILES string of the molecule is Cc1ccn2nc(CC(=O)O)c(Br)c2c1. The van der Waals surface area contributed by atoms with Crippen LogP contribution >= 0.6 is 15.9 Å². The van der Waals surface area contributed by atoms with E-state index in [1.54, 1.807) is 4.52 Å². The predicted octanol–water partition coefficient (Wildman–Crippen LogP) is 2.03. The Hall–Kier alpha value is -1.36. The second-order valence-electron chi connectivity index (χ2n) is 3.37. The number of aryl methyl sites for hydroxylation is 1. The minimum absolute atomic E-state index is 0.0681. The topological polar surface area (TPSA) is 54.6 Å². The van der Waals surface area contributed by atoms with Crippen LogP contribution in [0.5, 0.6) is 0 Å². The van der Waals surface area contributed by atoms with Crippen LogP contribution in [0.25, 0.3) is 5.52 Å². The van der Waals surface area contributed by atoms with Gasteiger partial charge in [-0.25, -0.2) is 4.52 Å². The van der Waals surface area contributed by atoms with Crippen molar-refractivity contribution in [1.29, 1.82) is 0 Å². The molecule has 0 spiro atoms. The van der Waals surface area contributed by atoms with E-state index in [0.29, 0.717) is 5.69 Å². The molecule has 0 amide bonds. The van der Waals surface area contributed by atoms with Crippen LogP contribution < -0.4 is 0 Å². The third kappa shape index (κ3) is 1.87. The third-order valence-corrected chi connectivity index (χ3v) is 2.98. The monoisotopic (exact) mass is 268 g/mol. The number of rotatable bonds is 2. The van der Waals surface area contributed by atoms with Crippen molar-refractivity contribution in [1.82, 2.24) is 9.61 Å². The van der Waals surface area contributed by atoms with Crippen molar-refractivity contribution >= 4 is 27.4 Å². The number of hydrogen-bond acceptors (Lipinski definition) is 2. The smallest absolute Gasteiger partial charge is 0.309 e. The van der Waals surface area contributed by atoms with Crippen LogP contribution in [0.4, 0.5) is 0 Å². The largest absolute Gasteiger partial charge is 0.481 e. The first-order valence-corrected chi connectivity index (χ1v) is 5.22. The molecule has 4 nitrogen and oxygen atoms in total. The highest BCUT2D eigenvalue weighted by Gasteiger charge is 2.12. The highest BCUT2D eigenvalue weighted by Crippen LogP contribution is 2.23. The Morgan fingerprint density at radius 3 is 3.07 bits per heavy atom. The molecule has 0 aliphatic rings. The summed E-state index contributed by atoms with van der Waals surface area (Å²) in [6.07, 6.45) is 1.75. The third-order valence-electron chi connectivity index (χ3n) is 2.12. The number of carboxylic acid groups (broad SMARTS) is 1. The molecule has 2 aromatic rings. The average molecular weight is 269 g/mol. The van der Waals surface area contributed by atoms with Gasteiger partial charge in [0.25, 0.3) is 0 Å². The Morgan fingerprint density at radius 2 is 2.40 bits per heavy atom. The van der Waals surface area contributed by atoms with Crippen LogP contribution in [-0.2, 0) is 11.2 Å². The van der Waals surface area contributed by atoms with E-state index in [1.807, 2.05) is 25.3 Å². The molecule has 0 aliphatic heterocycles. The summed E-state index contributed by atoms with van der Waals surface area (Å²) in [6.45, 7) is 1.98. The Morgan fingerprint density at radius 1 is 1.67 bits per heavy atom. The van der Waals surface area contributed by atoms with Crippen molar-refractivity contribution in [3.63, 3.8) is 0 Å². The van der Waals surface area contributed by atoms with Gasteiger partial charge in [0.2, 0.25) is 0 Å². The van der Waals surface area contributed by atoms with Gasteiger partial charge >= 0.3 is 5.97 Å². The summed E-state index contributed by atoms with van der Waals surface area (Å²) < 4.78 is 2.43. The predicted molar refractivity (Wildman–Crippen MR) is 59.0 cm³/mol. The van der Waals surface area contributed by atoms with E-state index < -0.39 is 5.97 Å². The van der Waals surface area contributed by atoms with Gasteiger partial charge in [0.15, 0.2) is 0 Å². The first-order chi connectivity index (χ1) is 7.08. The van der Waals surface area contributed by atoms with E-state index in [-0.39, 0.29) is 6.42 Å². The second kappa shape index (κ2) is 3.66. The van der Waals surface area contributed by atoms with Crippen molar-refractivity contribution < 1.29 is 9.90 Å². The maximum Gasteiger partial charge on any atom is 0.309 e. The number of hydrogen-bond donors (Lipinski definition) is 1. The number of carboxylic acids is 1. The number of halogens is 1. The van der Waals surface area contributed by atoms with Gasteiger partial charge in [-0.05, 0) is 40.5 Å². The molecule has 0 saturated heterocycles. The highest BCUT2D eigenvalue weighted by molar-refractivity contribution is 9.10. The maximum atomic E-state index is 10.6. The summed E-state index contributed by atoms with van der Waals surface area (Å²) in [7, 11) is 0. The lowest BCUT2D eigenvalue weighted by molar-refractivity contribution is -0.136. The van der Waals surface area contributed by atoms with Gasteiger partial charge in [0.05, 0.1) is 22.1 Å². The van der Waals surface area contributed by atoms with Crippen molar-refractivity contribution in [3.8, 4) is 0 Å². The number of carbonyl (C=O) groups is 1. The molecule has 78 valence electrons. The molecule has 2 rings (SSSR count). The summed E-state index contributed by atoms with van der Waals surface area (Å²) in [4.78, 5) is 10.6. The van der Waals surface area contributed by atoms with Crippen LogP contribution in [0.15, 0.2) is 22.8 Å². The summed E-state index contributed by atoms with van der Waals surface area (Å²) >= 11 is 3.37. The fourth-order valence-electron chi connectivity index (χ4n) is 1.43. The fraction of sp³-hybridized carbons (Fsp3) is 0.200. The molecule has 15 heavy (non-hydrogen) atoms. The first-order valence-electron chi connectivity index (χ1n) is 4.43. The van der Waals surface area contributed by atoms with Crippen LogP contribution in [0.1, 0.15) is 11.3 Å². The van der Waals surface area contributed by atoms with Crippen LogP contribution in [0, 0.1) is 6.92 Å². The molecule has 2 aromatic heterocycles. The van der Waals surface area contributed by atoms with E-state index in [9.17, 15) is 4.79 Å². The van der Waals surface area contributed by atoms with E-state index >= 15 is 0 Å². The zero-order valence-electron chi connectivity index (χ0n) is 8.07. The van der Waals surface area contributed by atoms with Crippen molar-refractivity contribution in [3.05, 3.63) is 34.1 Å². The van der Waals surface area contributed by atoms with Crippen LogP contribution in [0.3, 0.4) is 0 Å². The summed E-state index contributed by atoms with van der Waals surface area (Å²) in [5.74, 6) is -0.879. The molecule has 0 saturated carbocycles. The van der Waals surface area contributed by atoms with Crippen LogP contribution in [-0.4, -0.2) is 20.7 Å². The quantitative estimate of drug-likeness (QED) is 0.907. The molecule has 0 aromatic carbocycles. The molecule has 1 N–H and O–H groups in total. The van der Waals surface area contributed by atoms with Crippen molar-refractivity contribution in [2.24, 2.45) is 0 Å². The van der Waals surface area contributed by atoms with Gasteiger partial charge in [-0.1, -0.05) is 0 Å². The molecule has 0 aliphatic carbocycles.